The van der Waals surface area contributed by atoms with E-state index in [1.54, 1.807) is 0 Å². The number of hydrogen-bond donors (Lipinski definition) is 3. The van der Waals surface area contributed by atoms with Gasteiger partial charge in [0.15, 0.2) is 0 Å². The molecule has 0 fully saturated rings. The molecule has 5 nitrogen and oxygen atoms in total. The minimum Gasteiger partial charge on any atom is -0.486 e. The van der Waals surface area contributed by atoms with Gasteiger partial charge in [0, 0.05) is 17.8 Å². The largest absolute Gasteiger partial charge is 0.486 e. The van der Waals surface area contributed by atoms with Gasteiger partial charge in [-0.25, -0.2) is 4.39 Å². The van der Waals surface area contributed by atoms with Crippen molar-refractivity contribution in [3.05, 3.63) is 53.5 Å². The standard InChI is InChI=1S/C23H35FN2O3/c1-5-18(23(4,6-2)14-20(26)15-25)9-7-8-16(3)29-21-11-10-19(24)12-17(21)13-22(27)28/h7-8,10-12,14,16,18H,5-6,9,13,15,25-26H2,1-4H3,(H,27,28)/b8-7-,20-14-/t16-,18-,23-/m1/s1. The van der Waals surface area contributed by atoms with Crippen molar-refractivity contribution >= 4 is 5.97 Å². The maximum atomic E-state index is 13.4. The molecule has 162 valence electrons. The van der Waals surface area contributed by atoms with E-state index < -0.39 is 11.8 Å². The van der Waals surface area contributed by atoms with E-state index in [1.165, 1.54) is 18.2 Å². The number of allylic oxidation sites excluding steroid dienone is 2. The molecule has 6 heteroatoms. The van der Waals surface area contributed by atoms with Gasteiger partial charge in [-0.1, -0.05) is 39.3 Å². The Morgan fingerprint density at radius 1 is 1.38 bits per heavy atom. The Morgan fingerprint density at radius 3 is 2.62 bits per heavy atom. The molecule has 5 N–H and O–H groups in total. The lowest BCUT2D eigenvalue weighted by Gasteiger charge is -2.34. The average Bonchev–Trinajstić information content (AvgIpc) is 2.66. The lowest BCUT2D eigenvalue weighted by atomic mass is 9.71. The zero-order chi connectivity index (χ0) is 22.0. The normalized spacial score (nSPS) is 16.4. The van der Waals surface area contributed by atoms with Gasteiger partial charge in [-0.3, -0.25) is 4.79 Å². The minimum absolute atomic E-state index is 0.0434. The van der Waals surface area contributed by atoms with Crippen LogP contribution in [0.25, 0.3) is 0 Å². The topological polar surface area (TPSA) is 98.6 Å². The highest BCUT2D eigenvalue weighted by Gasteiger charge is 2.28. The predicted molar refractivity (Wildman–Crippen MR) is 115 cm³/mol. The summed E-state index contributed by atoms with van der Waals surface area (Å²) < 4.78 is 19.3. The first-order valence-electron chi connectivity index (χ1n) is 10.2. The maximum Gasteiger partial charge on any atom is 0.307 e. The number of ether oxygens (including phenoxy) is 1. The van der Waals surface area contributed by atoms with Gasteiger partial charge in [-0.2, -0.15) is 0 Å². The van der Waals surface area contributed by atoms with Crippen molar-refractivity contribution in [3.63, 3.8) is 0 Å². The Bertz CT molecular complexity index is 733. The highest BCUT2D eigenvalue weighted by atomic mass is 19.1. The summed E-state index contributed by atoms with van der Waals surface area (Å²) in [5, 5.41) is 9.01. The van der Waals surface area contributed by atoms with Crippen LogP contribution < -0.4 is 16.2 Å². The number of rotatable bonds is 12. The molecular formula is C23H35FN2O3. The van der Waals surface area contributed by atoms with Crippen LogP contribution in [-0.2, 0) is 11.2 Å². The third-order valence-corrected chi connectivity index (χ3v) is 5.44. The highest BCUT2D eigenvalue weighted by Crippen LogP contribution is 2.38. The summed E-state index contributed by atoms with van der Waals surface area (Å²) in [7, 11) is 0. The molecule has 0 spiro atoms. The van der Waals surface area contributed by atoms with Crippen LogP contribution in [0.5, 0.6) is 5.75 Å². The molecule has 0 saturated carbocycles. The van der Waals surface area contributed by atoms with Crippen molar-refractivity contribution in [2.75, 3.05) is 6.54 Å². The lowest BCUT2D eigenvalue weighted by molar-refractivity contribution is -0.136. The number of carboxylic acid groups (broad SMARTS) is 1. The summed E-state index contributed by atoms with van der Waals surface area (Å²) in [6.07, 6.45) is 8.37. The van der Waals surface area contributed by atoms with E-state index in [1.807, 2.05) is 13.0 Å². The smallest absolute Gasteiger partial charge is 0.307 e. The molecule has 0 saturated heterocycles. The summed E-state index contributed by atoms with van der Waals surface area (Å²) in [5.41, 5.74) is 12.6. The van der Waals surface area contributed by atoms with E-state index in [0.29, 0.717) is 29.5 Å². The summed E-state index contributed by atoms with van der Waals surface area (Å²) >= 11 is 0. The monoisotopic (exact) mass is 406 g/mol. The molecule has 0 aliphatic carbocycles. The molecule has 3 atom stereocenters. The molecule has 1 aromatic carbocycles. The van der Waals surface area contributed by atoms with Gasteiger partial charge in [0.05, 0.1) is 6.42 Å². The van der Waals surface area contributed by atoms with Crippen molar-refractivity contribution in [2.45, 2.75) is 59.5 Å². The fraction of sp³-hybridized carbons (Fsp3) is 0.522. The fourth-order valence-electron chi connectivity index (χ4n) is 3.53. The van der Waals surface area contributed by atoms with E-state index in [9.17, 15) is 9.18 Å². The molecule has 0 aliphatic rings. The van der Waals surface area contributed by atoms with Crippen molar-refractivity contribution < 1.29 is 19.0 Å². The number of halogens is 1. The zero-order valence-corrected chi connectivity index (χ0v) is 18.0. The van der Waals surface area contributed by atoms with Gasteiger partial charge in [-0.15, -0.1) is 0 Å². The number of nitrogens with two attached hydrogens (primary N) is 2. The average molecular weight is 407 g/mol. The van der Waals surface area contributed by atoms with Crippen LogP contribution >= 0.6 is 0 Å². The van der Waals surface area contributed by atoms with Crippen molar-refractivity contribution in [1.29, 1.82) is 0 Å². The minimum atomic E-state index is -1.03. The molecule has 0 bridgehead atoms. The first-order valence-corrected chi connectivity index (χ1v) is 10.2. The number of benzene rings is 1. The van der Waals surface area contributed by atoms with Gasteiger partial charge in [-0.05, 0) is 55.4 Å². The lowest BCUT2D eigenvalue weighted by Crippen LogP contribution is -2.27. The fourth-order valence-corrected chi connectivity index (χ4v) is 3.53. The van der Waals surface area contributed by atoms with Crippen LogP contribution in [0.4, 0.5) is 4.39 Å². The molecule has 1 rings (SSSR count). The zero-order valence-electron chi connectivity index (χ0n) is 18.0. The molecule has 1 aromatic rings. The van der Waals surface area contributed by atoms with Gasteiger partial charge in [0.1, 0.15) is 17.7 Å². The SMILES string of the molecule is CC[C@H](C/C=C\[C@@H](C)Oc1ccc(F)cc1CC(=O)O)[C@@](C)(/C=C(\N)CN)CC. The van der Waals surface area contributed by atoms with Crippen molar-refractivity contribution in [3.8, 4) is 5.75 Å². The van der Waals surface area contributed by atoms with Gasteiger partial charge in [0.2, 0.25) is 0 Å². The Morgan fingerprint density at radius 2 is 2.07 bits per heavy atom. The molecule has 0 aliphatic heterocycles. The first-order chi connectivity index (χ1) is 13.6. The van der Waals surface area contributed by atoms with Crippen LogP contribution in [0.1, 0.15) is 52.5 Å². The first kappa shape index (κ1) is 24.7. The van der Waals surface area contributed by atoms with Crippen LogP contribution in [-0.4, -0.2) is 23.7 Å². The van der Waals surface area contributed by atoms with E-state index in [0.717, 1.165) is 19.3 Å². The van der Waals surface area contributed by atoms with E-state index in [2.05, 4.69) is 32.9 Å². The van der Waals surface area contributed by atoms with E-state index in [4.69, 9.17) is 21.3 Å². The summed E-state index contributed by atoms with van der Waals surface area (Å²) in [4.78, 5) is 11.0. The summed E-state index contributed by atoms with van der Waals surface area (Å²) in [6, 6.07) is 3.94. The quantitative estimate of drug-likeness (QED) is 0.447. The van der Waals surface area contributed by atoms with Gasteiger partial charge < -0.3 is 21.3 Å². The van der Waals surface area contributed by atoms with E-state index >= 15 is 0 Å². The Kier molecular flexibility index (Phi) is 9.89. The highest BCUT2D eigenvalue weighted by molar-refractivity contribution is 5.71. The van der Waals surface area contributed by atoms with Crippen molar-refractivity contribution in [1.82, 2.24) is 0 Å². The molecular weight excluding hydrogens is 371 g/mol. The Labute approximate surface area is 173 Å². The van der Waals surface area contributed by atoms with Gasteiger partial charge in [0.25, 0.3) is 0 Å². The van der Waals surface area contributed by atoms with Gasteiger partial charge >= 0.3 is 5.97 Å². The van der Waals surface area contributed by atoms with Crippen LogP contribution in [0.2, 0.25) is 0 Å². The Hall–Kier alpha value is -2.34. The van der Waals surface area contributed by atoms with E-state index in [-0.39, 0.29) is 17.9 Å². The second-order valence-corrected chi connectivity index (χ2v) is 7.70. The number of carbonyl (C=O) groups is 1. The number of carboxylic acids is 1. The second kappa shape index (κ2) is 11.6. The second-order valence-electron chi connectivity index (χ2n) is 7.70. The molecule has 0 heterocycles. The third-order valence-electron chi connectivity index (χ3n) is 5.44. The maximum absolute atomic E-state index is 13.4. The molecule has 0 amide bonds. The summed E-state index contributed by atoms with van der Waals surface area (Å²) in [6.45, 7) is 8.74. The molecule has 0 aromatic heterocycles. The van der Waals surface area contributed by atoms with Crippen LogP contribution in [0.15, 0.2) is 42.1 Å². The molecule has 0 radical (unpaired) electrons. The summed E-state index contributed by atoms with van der Waals surface area (Å²) in [5.74, 6) is -0.728. The molecule has 29 heavy (non-hydrogen) atoms. The molecule has 0 unspecified atom stereocenters. The van der Waals surface area contributed by atoms with Crippen LogP contribution in [0.3, 0.4) is 0 Å². The predicted octanol–water partition coefficient (Wildman–Crippen LogP) is 4.41. The van der Waals surface area contributed by atoms with Crippen LogP contribution in [0, 0.1) is 17.2 Å². The number of aliphatic carboxylic acids is 1. The third kappa shape index (κ3) is 7.89. The Balaban J connectivity index is 2.84. The number of hydrogen-bond acceptors (Lipinski definition) is 4. The van der Waals surface area contributed by atoms with Crippen molar-refractivity contribution in [2.24, 2.45) is 22.8 Å².